The normalized spacial score (nSPS) is 18.6. The topological polar surface area (TPSA) is 95.5 Å². The first-order valence-electron chi connectivity index (χ1n) is 15.4. The number of hydrogen-bond donors (Lipinski definition) is 3. The second kappa shape index (κ2) is 15.7. The fourth-order valence-corrected chi connectivity index (χ4v) is 6.55. The second-order valence-corrected chi connectivity index (χ2v) is 14.7. The van der Waals surface area contributed by atoms with Crippen LogP contribution in [-0.4, -0.2) is 55.7 Å². The summed E-state index contributed by atoms with van der Waals surface area (Å²) in [5, 5.41) is 15.1. The summed E-state index contributed by atoms with van der Waals surface area (Å²) < 4.78 is 77.9. The molecule has 2 saturated carbocycles. The maximum Gasteiger partial charge on any atom is 0.407 e. The van der Waals surface area contributed by atoms with E-state index in [-0.39, 0.29) is 10.5 Å². The van der Waals surface area contributed by atoms with Crippen molar-refractivity contribution in [3.63, 3.8) is 0 Å². The van der Waals surface area contributed by atoms with E-state index in [1.165, 1.54) is 113 Å². The van der Waals surface area contributed by atoms with Crippen molar-refractivity contribution < 1.29 is 35.9 Å². The van der Waals surface area contributed by atoms with Crippen molar-refractivity contribution in [1.82, 2.24) is 10.6 Å². The van der Waals surface area contributed by atoms with Gasteiger partial charge in [0.05, 0.1) is 4.90 Å². The summed E-state index contributed by atoms with van der Waals surface area (Å²) in [6, 6.07) is 8.79. The lowest BCUT2D eigenvalue weighted by Gasteiger charge is -2.30. The summed E-state index contributed by atoms with van der Waals surface area (Å²) in [4.78, 5) is 11.5. The van der Waals surface area contributed by atoms with Crippen LogP contribution in [0.5, 0.6) is 0 Å². The third-order valence-electron chi connectivity index (χ3n) is 8.22. The Kier molecular flexibility index (Phi) is 12.8. The zero-order valence-electron chi connectivity index (χ0n) is 25.8. The average molecular weight is 643 g/mol. The van der Waals surface area contributed by atoms with Crippen LogP contribution in [0.25, 0.3) is 11.1 Å². The van der Waals surface area contributed by atoms with E-state index < -0.39 is 46.2 Å². The first-order chi connectivity index (χ1) is 20.5. The predicted molar refractivity (Wildman–Crippen MR) is 165 cm³/mol. The fourth-order valence-electron chi connectivity index (χ4n) is 5.92. The van der Waals surface area contributed by atoms with Crippen LogP contribution in [0.3, 0.4) is 0 Å². The Bertz CT molecular complexity index is 1270. The SMILES string of the molecule is C1CCC(NC2CCCCC2)CC1.CC(C)(F)C[C@H](N[C@@H](c1ccc(-c2ccc(S(C)(=O)=O)cc2)cc1)C(F)(F)F)C(=O)O. The van der Waals surface area contributed by atoms with E-state index >= 15 is 0 Å². The molecule has 0 radical (unpaired) electrons. The summed E-state index contributed by atoms with van der Waals surface area (Å²) in [7, 11) is -3.38. The van der Waals surface area contributed by atoms with Crippen LogP contribution in [0.15, 0.2) is 53.4 Å². The molecule has 0 saturated heterocycles. The van der Waals surface area contributed by atoms with Gasteiger partial charge >= 0.3 is 12.1 Å². The molecule has 2 aliphatic rings. The number of alkyl halides is 4. The van der Waals surface area contributed by atoms with Crippen molar-refractivity contribution in [2.45, 2.75) is 125 Å². The van der Waals surface area contributed by atoms with Crippen molar-refractivity contribution in [3.05, 3.63) is 54.1 Å². The number of nitrogens with one attached hydrogen (secondary N) is 2. The van der Waals surface area contributed by atoms with Crippen LogP contribution >= 0.6 is 0 Å². The lowest BCUT2D eigenvalue weighted by Crippen LogP contribution is -2.47. The van der Waals surface area contributed by atoms with E-state index in [1.807, 2.05) is 5.32 Å². The van der Waals surface area contributed by atoms with E-state index in [2.05, 4.69) is 5.32 Å². The number of carbonyl (C=O) groups is 1. The highest BCUT2D eigenvalue weighted by Crippen LogP contribution is 2.35. The maximum atomic E-state index is 13.9. The highest BCUT2D eigenvalue weighted by Gasteiger charge is 2.43. The van der Waals surface area contributed by atoms with Gasteiger partial charge in [-0.2, -0.15) is 13.2 Å². The van der Waals surface area contributed by atoms with Gasteiger partial charge in [0.25, 0.3) is 0 Å². The lowest BCUT2D eigenvalue weighted by molar-refractivity contribution is -0.164. The van der Waals surface area contributed by atoms with Gasteiger partial charge in [-0.25, -0.2) is 12.8 Å². The molecule has 246 valence electrons. The fraction of sp³-hybridized carbons (Fsp3) is 0.606. The Balaban J connectivity index is 0.000000335. The number of halogens is 4. The van der Waals surface area contributed by atoms with Gasteiger partial charge in [-0.3, -0.25) is 10.1 Å². The molecule has 44 heavy (non-hydrogen) atoms. The largest absolute Gasteiger partial charge is 0.480 e. The predicted octanol–water partition coefficient (Wildman–Crippen LogP) is 7.78. The molecule has 4 rings (SSSR count). The second-order valence-electron chi connectivity index (χ2n) is 12.7. The van der Waals surface area contributed by atoms with Gasteiger partial charge < -0.3 is 10.4 Å². The Morgan fingerprint density at radius 1 is 0.818 bits per heavy atom. The van der Waals surface area contributed by atoms with E-state index in [0.717, 1.165) is 32.2 Å². The molecule has 3 N–H and O–H groups in total. The summed E-state index contributed by atoms with van der Waals surface area (Å²) in [6.45, 7) is 2.19. The summed E-state index contributed by atoms with van der Waals surface area (Å²) in [6.07, 6.45) is 10.2. The molecule has 6 nitrogen and oxygen atoms in total. The van der Waals surface area contributed by atoms with Crippen molar-refractivity contribution in [2.24, 2.45) is 0 Å². The smallest absolute Gasteiger partial charge is 0.407 e. The van der Waals surface area contributed by atoms with E-state index in [4.69, 9.17) is 0 Å². The average Bonchev–Trinajstić information content (AvgIpc) is 2.95. The minimum atomic E-state index is -4.81. The summed E-state index contributed by atoms with van der Waals surface area (Å²) >= 11 is 0. The molecule has 0 bridgehead atoms. The van der Waals surface area contributed by atoms with Gasteiger partial charge in [0.2, 0.25) is 0 Å². The van der Waals surface area contributed by atoms with Crippen molar-refractivity contribution in [3.8, 4) is 11.1 Å². The number of carboxylic acid groups (broad SMARTS) is 1. The zero-order valence-corrected chi connectivity index (χ0v) is 26.6. The quantitative estimate of drug-likeness (QED) is 0.229. The molecule has 2 aromatic carbocycles. The Morgan fingerprint density at radius 3 is 1.61 bits per heavy atom. The van der Waals surface area contributed by atoms with Crippen molar-refractivity contribution in [1.29, 1.82) is 0 Å². The Hall–Kier alpha value is -2.50. The molecule has 0 heterocycles. The number of rotatable bonds is 10. The highest BCUT2D eigenvalue weighted by molar-refractivity contribution is 7.90. The maximum absolute atomic E-state index is 13.9. The van der Waals surface area contributed by atoms with Gasteiger partial charge in [-0.15, -0.1) is 0 Å². The molecular weight excluding hydrogens is 596 g/mol. The van der Waals surface area contributed by atoms with Gasteiger partial charge in [0.15, 0.2) is 9.84 Å². The third-order valence-corrected chi connectivity index (χ3v) is 9.35. The molecule has 2 atom stereocenters. The van der Waals surface area contributed by atoms with Crippen molar-refractivity contribution >= 4 is 15.8 Å². The van der Waals surface area contributed by atoms with Gasteiger partial charge in [0, 0.05) is 24.8 Å². The first-order valence-corrected chi connectivity index (χ1v) is 17.3. The minimum Gasteiger partial charge on any atom is -0.480 e. The molecule has 0 spiro atoms. The van der Waals surface area contributed by atoms with Crippen LogP contribution < -0.4 is 10.6 Å². The van der Waals surface area contributed by atoms with Crippen LogP contribution in [0.2, 0.25) is 0 Å². The number of benzene rings is 2. The molecule has 2 aromatic rings. The standard InChI is InChI=1S/C21H23F4NO4S.C12H23N/c1-20(2,22)12-17(19(27)28)26-18(21(23,24)25)15-6-4-13(5-7-15)14-8-10-16(11-9-14)31(3,29)30;1-3-7-11(8-4-1)13-12-9-5-2-6-10-12/h4-11,17-18,26H,12H2,1-3H3,(H,27,28);11-13H,1-10H2/t17-,18-;/m0./s1. The van der Waals surface area contributed by atoms with E-state index in [1.54, 1.807) is 0 Å². The van der Waals surface area contributed by atoms with Crippen LogP contribution in [-0.2, 0) is 14.6 Å². The number of carboxylic acids is 1. The Morgan fingerprint density at radius 2 is 1.25 bits per heavy atom. The number of aliphatic carboxylic acids is 1. The molecule has 2 fully saturated rings. The molecule has 0 unspecified atom stereocenters. The van der Waals surface area contributed by atoms with Crippen molar-refractivity contribution in [2.75, 3.05) is 6.26 Å². The van der Waals surface area contributed by atoms with E-state index in [0.29, 0.717) is 11.1 Å². The zero-order chi connectivity index (χ0) is 32.5. The lowest BCUT2D eigenvalue weighted by atomic mass is 9.91. The van der Waals surface area contributed by atoms with Gasteiger partial charge in [0.1, 0.15) is 17.8 Å². The number of hydrogen-bond acceptors (Lipinski definition) is 5. The Labute approximate surface area is 258 Å². The van der Waals surface area contributed by atoms with Crippen LogP contribution in [0.4, 0.5) is 17.6 Å². The summed E-state index contributed by atoms with van der Waals surface area (Å²) in [5.74, 6) is -1.58. The molecule has 11 heteroatoms. The molecule has 2 aliphatic carbocycles. The van der Waals surface area contributed by atoms with Crippen LogP contribution in [0.1, 0.15) is 96.1 Å². The van der Waals surface area contributed by atoms with E-state index in [9.17, 15) is 35.9 Å². The van der Waals surface area contributed by atoms with Gasteiger partial charge in [-0.05, 0) is 68.4 Å². The number of sulfone groups is 1. The minimum absolute atomic E-state index is 0.115. The molecule has 0 aliphatic heterocycles. The summed E-state index contributed by atoms with van der Waals surface area (Å²) in [5.41, 5.74) is -1.07. The third kappa shape index (κ3) is 11.8. The van der Waals surface area contributed by atoms with Gasteiger partial charge in [-0.1, -0.05) is 74.9 Å². The molecule has 0 aromatic heterocycles. The van der Waals surface area contributed by atoms with Crippen LogP contribution in [0, 0.1) is 0 Å². The highest BCUT2D eigenvalue weighted by atomic mass is 32.2. The monoisotopic (exact) mass is 642 g/mol. The molecule has 0 amide bonds. The first kappa shape index (κ1) is 36.0. The molecular formula is C33H46F4N2O4S.